The number of hydrogen-bond donors (Lipinski definition) is 2. The molecule has 0 aliphatic heterocycles. The minimum absolute atomic E-state index is 0.0694. The topological polar surface area (TPSA) is 66.8 Å². The summed E-state index contributed by atoms with van der Waals surface area (Å²) < 4.78 is 5.83. The molecule has 2 N–H and O–H groups in total. The highest BCUT2D eigenvalue weighted by atomic mass is 16.5. The number of carbonyl (C=O) groups excluding carboxylic acids is 1. The van der Waals surface area contributed by atoms with E-state index in [0.717, 1.165) is 30.4 Å². The van der Waals surface area contributed by atoms with E-state index in [4.69, 9.17) is 4.74 Å². The van der Waals surface area contributed by atoms with Crippen LogP contribution in [0.2, 0.25) is 0 Å². The highest BCUT2D eigenvalue weighted by Gasteiger charge is 2.50. The first-order chi connectivity index (χ1) is 16.6. The van der Waals surface area contributed by atoms with Gasteiger partial charge in [0.15, 0.2) is 0 Å². The fraction of sp³-hybridized carbons (Fsp3) is 0.710. The van der Waals surface area contributed by atoms with Crippen LogP contribution in [0.4, 0.5) is 0 Å². The normalized spacial score (nSPS) is 37.7. The third kappa shape index (κ3) is 5.85. The Hall–Kier alpha value is -1.65. The molecule has 0 bridgehead atoms. The first-order valence-corrected chi connectivity index (χ1v) is 13.9. The van der Waals surface area contributed by atoms with Crippen LogP contribution >= 0.6 is 0 Å². The second-order valence-corrected chi connectivity index (χ2v) is 12.3. The number of fused-ring (bicyclic) bond motifs is 1. The van der Waals surface area contributed by atoms with Crippen molar-refractivity contribution in [3.05, 3.63) is 47.6 Å². The molecule has 4 heteroatoms. The summed E-state index contributed by atoms with van der Waals surface area (Å²) in [7, 11) is 0. The Morgan fingerprint density at radius 2 is 1.86 bits per heavy atom. The maximum Gasteiger partial charge on any atom is 0.308 e. The number of rotatable bonds is 7. The molecule has 4 nitrogen and oxygen atoms in total. The lowest BCUT2D eigenvalue weighted by atomic mass is 9.61. The summed E-state index contributed by atoms with van der Waals surface area (Å²) in [6, 6.07) is 0. The minimum atomic E-state index is -0.636. The number of allylic oxidation sites excluding steroid dienone is 4. The molecular formula is C31H46O4. The average Bonchev–Trinajstić information content (AvgIpc) is 3.58. The molecule has 35 heavy (non-hydrogen) atoms. The first kappa shape index (κ1) is 26.4. The van der Waals surface area contributed by atoms with E-state index in [1.807, 2.05) is 13.8 Å². The summed E-state index contributed by atoms with van der Waals surface area (Å²) in [6.07, 6.45) is 17.1. The van der Waals surface area contributed by atoms with E-state index in [-0.39, 0.29) is 23.4 Å². The third-order valence-corrected chi connectivity index (χ3v) is 9.35. The molecule has 4 aliphatic carbocycles. The largest absolute Gasteiger partial charge is 0.458 e. The van der Waals surface area contributed by atoms with Gasteiger partial charge in [0.05, 0.1) is 18.1 Å². The summed E-state index contributed by atoms with van der Waals surface area (Å²) in [5.74, 6) is 1.97. The van der Waals surface area contributed by atoms with Crippen molar-refractivity contribution in [2.75, 3.05) is 0 Å². The van der Waals surface area contributed by atoms with Gasteiger partial charge in [0, 0.05) is 6.42 Å². The second kappa shape index (κ2) is 10.8. The zero-order chi connectivity index (χ0) is 25.3. The predicted molar refractivity (Wildman–Crippen MR) is 140 cm³/mol. The zero-order valence-corrected chi connectivity index (χ0v) is 22.2. The van der Waals surface area contributed by atoms with Crippen LogP contribution in [0.1, 0.15) is 85.5 Å². The number of carbonyl (C=O) groups is 1. The molecule has 0 unspecified atom stereocenters. The lowest BCUT2D eigenvalue weighted by Gasteiger charge is -2.44. The standard InChI is InChI=1S/C31H46O4/c1-19(2)30(34)35-29(23-10-11-23)15-8-20(3)26-13-14-27-22(7-6-16-31(26,27)5)9-12-24-17-25(32)18-28(33)21(24)4/h8-9,12,15,19-20,23,25-29,32-33H,4,6-7,10-11,13-14,16-18H2,1-3,5H3/b15-8+,22-9+,24-12-/t20-,25-,26-,27+,28+,29+,31-/m1/s1. The molecule has 0 amide bonds. The van der Waals surface area contributed by atoms with Crippen LogP contribution in [0.15, 0.2) is 47.6 Å². The predicted octanol–water partition coefficient (Wildman–Crippen LogP) is 6.30. The minimum Gasteiger partial charge on any atom is -0.458 e. The van der Waals surface area contributed by atoms with Gasteiger partial charge < -0.3 is 14.9 Å². The summed E-state index contributed by atoms with van der Waals surface area (Å²) in [5.41, 5.74) is 3.55. The first-order valence-electron chi connectivity index (χ1n) is 13.9. The quantitative estimate of drug-likeness (QED) is 0.330. The van der Waals surface area contributed by atoms with Crippen LogP contribution in [-0.2, 0) is 9.53 Å². The van der Waals surface area contributed by atoms with Gasteiger partial charge in [-0.1, -0.05) is 58.1 Å². The molecule has 0 aromatic heterocycles. The van der Waals surface area contributed by atoms with Gasteiger partial charge in [-0.2, -0.15) is 0 Å². The highest BCUT2D eigenvalue weighted by molar-refractivity contribution is 5.71. The molecule has 0 heterocycles. The molecular weight excluding hydrogens is 436 g/mol. The Labute approximate surface area is 212 Å². The Kier molecular flexibility index (Phi) is 8.12. The van der Waals surface area contributed by atoms with E-state index in [2.05, 4.69) is 44.7 Å². The summed E-state index contributed by atoms with van der Waals surface area (Å²) in [4.78, 5) is 12.2. The average molecular weight is 483 g/mol. The van der Waals surface area contributed by atoms with Crippen molar-refractivity contribution in [2.24, 2.45) is 35.0 Å². The monoisotopic (exact) mass is 482 g/mol. The number of aliphatic hydroxyl groups excluding tert-OH is 2. The van der Waals surface area contributed by atoms with Crippen LogP contribution in [0.3, 0.4) is 0 Å². The SMILES string of the molecule is C=C1/C(=C\C=C2/CCC[C@]3(C)[C@@H]([C@H](C)/C=C/[C@H](OC(=O)C(C)C)C4CC4)CC[C@@H]23)C[C@@H](O)C[C@@H]1O. The lowest BCUT2D eigenvalue weighted by Crippen LogP contribution is -2.35. The molecule has 4 rings (SSSR count). The van der Waals surface area contributed by atoms with Gasteiger partial charge in [0.25, 0.3) is 0 Å². The van der Waals surface area contributed by atoms with Gasteiger partial charge in [0.1, 0.15) is 6.10 Å². The van der Waals surface area contributed by atoms with Crippen LogP contribution in [0, 0.1) is 35.0 Å². The molecule has 194 valence electrons. The Balaban J connectivity index is 1.46. The van der Waals surface area contributed by atoms with Gasteiger partial charge in [-0.3, -0.25) is 4.79 Å². The summed E-state index contributed by atoms with van der Waals surface area (Å²) >= 11 is 0. The van der Waals surface area contributed by atoms with E-state index in [9.17, 15) is 15.0 Å². The Morgan fingerprint density at radius 1 is 1.11 bits per heavy atom. The smallest absolute Gasteiger partial charge is 0.308 e. The van der Waals surface area contributed by atoms with Crippen LogP contribution in [0.25, 0.3) is 0 Å². The van der Waals surface area contributed by atoms with Gasteiger partial charge >= 0.3 is 5.97 Å². The van der Waals surface area contributed by atoms with Crippen molar-refractivity contribution in [2.45, 2.75) is 104 Å². The van der Waals surface area contributed by atoms with E-state index in [0.29, 0.717) is 36.5 Å². The molecule has 0 aromatic carbocycles. The number of ether oxygens (including phenoxy) is 1. The molecule has 7 atom stereocenters. The molecule has 0 saturated heterocycles. The molecule has 4 aliphatic rings. The van der Waals surface area contributed by atoms with Crippen molar-refractivity contribution in [1.82, 2.24) is 0 Å². The summed E-state index contributed by atoms with van der Waals surface area (Å²) in [5, 5.41) is 20.3. The van der Waals surface area contributed by atoms with E-state index < -0.39 is 12.2 Å². The maximum atomic E-state index is 12.2. The van der Waals surface area contributed by atoms with Crippen molar-refractivity contribution >= 4 is 5.97 Å². The maximum absolute atomic E-state index is 12.2. The third-order valence-electron chi connectivity index (χ3n) is 9.35. The van der Waals surface area contributed by atoms with Gasteiger partial charge in [-0.15, -0.1) is 0 Å². The van der Waals surface area contributed by atoms with E-state index in [1.165, 1.54) is 31.3 Å². The lowest BCUT2D eigenvalue weighted by molar-refractivity contribution is -0.151. The highest BCUT2D eigenvalue weighted by Crippen LogP contribution is 2.59. The number of aliphatic hydroxyl groups is 2. The van der Waals surface area contributed by atoms with Crippen molar-refractivity contribution in [3.63, 3.8) is 0 Å². The Morgan fingerprint density at radius 3 is 2.54 bits per heavy atom. The second-order valence-electron chi connectivity index (χ2n) is 12.3. The number of esters is 1. The van der Waals surface area contributed by atoms with Crippen molar-refractivity contribution in [3.8, 4) is 0 Å². The van der Waals surface area contributed by atoms with E-state index >= 15 is 0 Å². The molecule has 0 spiro atoms. The van der Waals surface area contributed by atoms with Crippen molar-refractivity contribution in [1.29, 1.82) is 0 Å². The molecule has 4 fully saturated rings. The van der Waals surface area contributed by atoms with Crippen LogP contribution < -0.4 is 0 Å². The fourth-order valence-corrected chi connectivity index (χ4v) is 7.01. The fourth-order valence-electron chi connectivity index (χ4n) is 7.01. The van der Waals surface area contributed by atoms with Crippen LogP contribution in [-0.4, -0.2) is 34.5 Å². The van der Waals surface area contributed by atoms with Gasteiger partial charge in [-0.05, 0) is 97.7 Å². The molecule has 0 radical (unpaired) electrons. The van der Waals surface area contributed by atoms with Crippen LogP contribution in [0.5, 0.6) is 0 Å². The zero-order valence-electron chi connectivity index (χ0n) is 22.2. The van der Waals surface area contributed by atoms with Crippen molar-refractivity contribution < 1.29 is 19.7 Å². The molecule has 0 aromatic rings. The van der Waals surface area contributed by atoms with Gasteiger partial charge in [-0.25, -0.2) is 0 Å². The summed E-state index contributed by atoms with van der Waals surface area (Å²) in [6.45, 7) is 12.7. The van der Waals surface area contributed by atoms with E-state index in [1.54, 1.807) is 0 Å². The number of hydrogen-bond acceptors (Lipinski definition) is 4. The van der Waals surface area contributed by atoms with Gasteiger partial charge in [0.2, 0.25) is 0 Å². The Bertz CT molecular complexity index is 892. The molecule has 4 saturated carbocycles.